The summed E-state index contributed by atoms with van der Waals surface area (Å²) in [6.45, 7) is 0. The molecule has 4 aromatic carbocycles. The van der Waals surface area contributed by atoms with Crippen molar-refractivity contribution in [2.24, 2.45) is 0 Å². The number of phenolic OH excluding ortho intramolecular Hbond substituents is 1. The minimum absolute atomic E-state index is 0.210. The molecule has 4 aromatic rings. The summed E-state index contributed by atoms with van der Waals surface area (Å²) in [7, 11) is 3.23. The predicted molar refractivity (Wildman–Crippen MR) is 144 cm³/mol. The van der Waals surface area contributed by atoms with Gasteiger partial charge in [0.25, 0.3) is 0 Å². The fraction of sp³-hybridized carbons (Fsp3) is 0.107. The van der Waals surface area contributed by atoms with Gasteiger partial charge in [0.05, 0.1) is 19.9 Å². The van der Waals surface area contributed by atoms with Crippen LogP contribution >= 0.6 is 12.2 Å². The second-order valence-electron chi connectivity index (χ2n) is 8.07. The monoisotopic (exact) mass is 483 g/mol. The number of hydrogen-bond donors (Lipinski definition) is 3. The molecule has 6 nitrogen and oxygen atoms in total. The van der Waals surface area contributed by atoms with Gasteiger partial charge in [0.2, 0.25) is 0 Å². The Hall–Kier alpha value is -4.23. The van der Waals surface area contributed by atoms with Crippen molar-refractivity contribution in [1.29, 1.82) is 0 Å². The Bertz CT molecular complexity index is 1420. The molecule has 0 radical (unpaired) electrons. The van der Waals surface area contributed by atoms with Gasteiger partial charge in [0, 0.05) is 22.2 Å². The fourth-order valence-electron chi connectivity index (χ4n) is 4.35. The van der Waals surface area contributed by atoms with Crippen LogP contribution in [0.4, 0.5) is 5.69 Å². The number of thiocarbonyl (C=S) groups is 1. The zero-order valence-electron chi connectivity index (χ0n) is 19.4. The molecular weight excluding hydrogens is 458 g/mol. The Balaban J connectivity index is 1.59. The predicted octanol–water partition coefficient (Wildman–Crippen LogP) is 5.86. The van der Waals surface area contributed by atoms with E-state index in [-0.39, 0.29) is 11.8 Å². The lowest BCUT2D eigenvalue weighted by atomic mass is 10.0. The van der Waals surface area contributed by atoms with Gasteiger partial charge in [-0.15, -0.1) is 0 Å². The van der Waals surface area contributed by atoms with Gasteiger partial charge in [0.1, 0.15) is 11.8 Å². The molecule has 0 aliphatic carbocycles. The normalized spacial score (nSPS) is 14.9. The third-order valence-corrected chi connectivity index (χ3v) is 6.33. The smallest absolute Gasteiger partial charge is 0.193 e. The number of fused-ring (bicyclic) bond motifs is 1. The average Bonchev–Trinajstić information content (AvgIpc) is 3.34. The quantitative estimate of drug-likeness (QED) is 0.307. The highest BCUT2D eigenvalue weighted by Gasteiger charge is 2.33. The first kappa shape index (κ1) is 22.6. The molecule has 0 amide bonds. The van der Waals surface area contributed by atoms with Gasteiger partial charge in [-0.2, -0.15) is 0 Å². The molecule has 1 heterocycles. The minimum Gasteiger partial charge on any atom is -0.507 e. The molecular formula is C28H25N3O3S. The van der Waals surface area contributed by atoms with E-state index in [4.69, 9.17) is 21.7 Å². The molecule has 0 spiro atoms. The van der Waals surface area contributed by atoms with E-state index in [1.165, 1.54) is 0 Å². The maximum atomic E-state index is 11.1. The van der Waals surface area contributed by atoms with E-state index in [1.807, 2.05) is 96.0 Å². The summed E-state index contributed by atoms with van der Waals surface area (Å²) in [6.07, 6.45) is 2.03. The van der Waals surface area contributed by atoms with Gasteiger partial charge in [-0.25, -0.2) is 0 Å². The first-order chi connectivity index (χ1) is 17.1. The number of hydrogen-bond acceptors (Lipinski definition) is 5. The molecule has 0 fully saturated rings. The summed E-state index contributed by atoms with van der Waals surface area (Å²) in [5.41, 5.74) is 6.56. The van der Waals surface area contributed by atoms with Crippen LogP contribution in [-0.2, 0) is 0 Å². The van der Waals surface area contributed by atoms with Crippen molar-refractivity contribution in [3.63, 3.8) is 0 Å². The van der Waals surface area contributed by atoms with Crippen molar-refractivity contribution in [2.45, 2.75) is 6.04 Å². The third-order valence-electron chi connectivity index (χ3n) is 6.03. The van der Waals surface area contributed by atoms with E-state index in [2.05, 4.69) is 10.7 Å². The minimum atomic E-state index is -0.329. The number of para-hydroxylation sites is 2. The van der Waals surface area contributed by atoms with Crippen molar-refractivity contribution >= 4 is 39.5 Å². The van der Waals surface area contributed by atoms with E-state index in [1.54, 1.807) is 14.2 Å². The van der Waals surface area contributed by atoms with Gasteiger partial charge in [-0.05, 0) is 47.9 Å². The van der Waals surface area contributed by atoms with Crippen LogP contribution in [0.25, 0.3) is 16.5 Å². The number of benzene rings is 4. The lowest BCUT2D eigenvalue weighted by Crippen LogP contribution is -2.42. The van der Waals surface area contributed by atoms with Gasteiger partial charge in [-0.3, -0.25) is 10.4 Å². The molecule has 7 heteroatoms. The third kappa shape index (κ3) is 4.22. The number of methoxy groups -OCH3 is 2. The summed E-state index contributed by atoms with van der Waals surface area (Å²) < 4.78 is 11.3. The van der Waals surface area contributed by atoms with E-state index >= 15 is 0 Å². The van der Waals surface area contributed by atoms with Gasteiger partial charge < -0.3 is 19.9 Å². The number of ether oxygens (including phenoxy) is 2. The van der Waals surface area contributed by atoms with E-state index in [9.17, 15) is 5.11 Å². The highest BCUT2D eigenvalue weighted by molar-refractivity contribution is 7.80. The molecule has 1 unspecified atom stereocenters. The summed E-state index contributed by atoms with van der Waals surface area (Å²) in [5.74, 6) is 1.46. The van der Waals surface area contributed by atoms with Gasteiger partial charge >= 0.3 is 0 Å². The van der Waals surface area contributed by atoms with Gasteiger partial charge in [-0.1, -0.05) is 60.7 Å². The SMILES string of the molecule is COc1cccc(C2C=C(c3ccc4ccccc4c3O)NN2C(=S)Nc2ccccc2)c1OC. The summed E-state index contributed by atoms with van der Waals surface area (Å²) in [5, 5.41) is 18.5. The second-order valence-corrected chi connectivity index (χ2v) is 8.46. The van der Waals surface area contributed by atoms with E-state index < -0.39 is 0 Å². The first-order valence-electron chi connectivity index (χ1n) is 11.2. The first-order valence-corrected chi connectivity index (χ1v) is 11.6. The Morgan fingerprint density at radius 1 is 0.914 bits per heavy atom. The van der Waals surface area contributed by atoms with Crippen molar-refractivity contribution in [2.75, 3.05) is 19.5 Å². The number of anilines is 1. The molecule has 1 aliphatic rings. The number of hydrazine groups is 1. The van der Waals surface area contributed by atoms with Crippen LogP contribution in [0.3, 0.4) is 0 Å². The van der Waals surface area contributed by atoms with E-state index in [0.717, 1.165) is 27.7 Å². The van der Waals surface area contributed by atoms with Crippen molar-refractivity contribution in [3.8, 4) is 17.2 Å². The van der Waals surface area contributed by atoms with Crippen LogP contribution in [0, 0.1) is 0 Å². The van der Waals surface area contributed by atoms with Crippen molar-refractivity contribution < 1.29 is 14.6 Å². The molecule has 0 bridgehead atoms. The fourth-order valence-corrected chi connectivity index (χ4v) is 4.62. The highest BCUT2D eigenvalue weighted by Crippen LogP contribution is 2.42. The molecule has 0 aromatic heterocycles. The molecule has 0 saturated carbocycles. The number of nitrogens with one attached hydrogen (secondary N) is 2. The largest absolute Gasteiger partial charge is 0.507 e. The highest BCUT2D eigenvalue weighted by atomic mass is 32.1. The topological polar surface area (TPSA) is 66.0 Å². The summed E-state index contributed by atoms with van der Waals surface area (Å²) in [6, 6.07) is 26.8. The van der Waals surface area contributed by atoms with Crippen LogP contribution in [-0.4, -0.2) is 29.4 Å². The zero-order valence-corrected chi connectivity index (χ0v) is 20.2. The number of phenols is 1. The van der Waals surface area contributed by atoms with Crippen LogP contribution in [0.1, 0.15) is 17.2 Å². The number of aromatic hydroxyl groups is 1. The Morgan fingerprint density at radius 2 is 1.69 bits per heavy atom. The molecule has 1 atom stereocenters. The molecule has 176 valence electrons. The molecule has 3 N–H and O–H groups in total. The molecule has 35 heavy (non-hydrogen) atoms. The Kier molecular flexibility index (Phi) is 6.16. The van der Waals surface area contributed by atoms with Crippen LogP contribution < -0.4 is 20.2 Å². The molecule has 0 saturated heterocycles. The maximum Gasteiger partial charge on any atom is 0.193 e. The van der Waals surface area contributed by atoms with Gasteiger partial charge in [0.15, 0.2) is 16.6 Å². The Labute approximate surface area is 209 Å². The molecule has 1 aliphatic heterocycles. The van der Waals surface area contributed by atoms with Crippen molar-refractivity contribution in [3.05, 3.63) is 102 Å². The standard InChI is InChI=1S/C28H25N3O3S/c1-33-25-14-8-13-22(27(25)34-2)24-17-23(21-16-15-18-9-6-7-12-20(18)26(21)32)30-31(24)28(35)29-19-10-4-3-5-11-19/h3-17,24,30,32H,1-2H3,(H,29,35). The average molecular weight is 484 g/mol. The number of rotatable bonds is 5. The molecule has 5 rings (SSSR count). The lowest BCUT2D eigenvalue weighted by Gasteiger charge is -2.29. The second kappa shape index (κ2) is 9.56. The zero-order chi connectivity index (χ0) is 24.4. The lowest BCUT2D eigenvalue weighted by molar-refractivity contribution is 0.319. The van der Waals surface area contributed by atoms with Crippen LogP contribution in [0.5, 0.6) is 17.2 Å². The summed E-state index contributed by atoms with van der Waals surface area (Å²) >= 11 is 5.81. The maximum absolute atomic E-state index is 11.1. The Morgan fingerprint density at radius 3 is 2.46 bits per heavy atom. The van der Waals surface area contributed by atoms with Crippen molar-refractivity contribution in [1.82, 2.24) is 10.4 Å². The number of nitrogens with zero attached hydrogens (tertiary/aromatic N) is 1. The van der Waals surface area contributed by atoms with E-state index in [0.29, 0.717) is 22.2 Å². The van der Waals surface area contributed by atoms with Crippen LogP contribution in [0.2, 0.25) is 0 Å². The summed E-state index contributed by atoms with van der Waals surface area (Å²) in [4.78, 5) is 0. The van der Waals surface area contributed by atoms with Crippen LogP contribution in [0.15, 0.2) is 91.0 Å².